The van der Waals surface area contributed by atoms with Gasteiger partial charge >= 0.3 is 0 Å². The molecule has 5 nitrogen and oxygen atoms in total. The molecule has 1 aliphatic heterocycles. The first-order chi connectivity index (χ1) is 12.0. The second kappa shape index (κ2) is 6.93. The van der Waals surface area contributed by atoms with Gasteiger partial charge in [-0.25, -0.2) is 4.39 Å². The zero-order valence-electron chi connectivity index (χ0n) is 13.6. The van der Waals surface area contributed by atoms with E-state index in [-0.39, 0.29) is 28.8 Å². The van der Waals surface area contributed by atoms with Crippen LogP contribution in [0.1, 0.15) is 51.6 Å². The summed E-state index contributed by atoms with van der Waals surface area (Å²) in [5.41, 5.74) is 6.10. The Morgan fingerprint density at radius 3 is 2.60 bits per heavy atom. The van der Waals surface area contributed by atoms with Crippen LogP contribution >= 0.6 is 0 Å². The van der Waals surface area contributed by atoms with Gasteiger partial charge in [0, 0.05) is 17.7 Å². The van der Waals surface area contributed by atoms with Crippen LogP contribution in [-0.4, -0.2) is 28.4 Å². The summed E-state index contributed by atoms with van der Waals surface area (Å²) in [5.74, 6) is -1.67. The molecule has 0 spiro atoms. The Morgan fingerprint density at radius 1 is 1.12 bits per heavy atom. The third-order valence-corrected chi connectivity index (χ3v) is 4.45. The summed E-state index contributed by atoms with van der Waals surface area (Å²) >= 11 is 0. The molecule has 1 fully saturated rings. The van der Waals surface area contributed by atoms with Crippen LogP contribution in [0.4, 0.5) is 4.39 Å². The van der Waals surface area contributed by atoms with Gasteiger partial charge in [-0.15, -0.1) is 0 Å². The summed E-state index contributed by atoms with van der Waals surface area (Å²) in [4.78, 5) is 25.9. The minimum absolute atomic E-state index is 0.0331. The monoisotopic (exact) mass is 342 g/mol. The first kappa shape index (κ1) is 17.0. The summed E-state index contributed by atoms with van der Waals surface area (Å²) < 4.78 is 13.8. The summed E-state index contributed by atoms with van der Waals surface area (Å²) in [6.45, 7) is 0.529. The summed E-state index contributed by atoms with van der Waals surface area (Å²) in [6, 6.07) is 10.0. The molecule has 0 radical (unpaired) electrons. The maximum absolute atomic E-state index is 13.8. The number of primary amides is 1. The van der Waals surface area contributed by atoms with Crippen molar-refractivity contribution >= 4 is 11.8 Å². The fourth-order valence-electron chi connectivity index (χ4n) is 3.27. The number of nitrogens with zero attached hydrogens (tertiary/aromatic N) is 1. The molecule has 1 saturated heterocycles. The Labute approximate surface area is 144 Å². The minimum Gasteiger partial charge on any atom is -0.508 e. The van der Waals surface area contributed by atoms with E-state index in [0.29, 0.717) is 6.54 Å². The Morgan fingerprint density at radius 2 is 1.88 bits per heavy atom. The molecule has 0 bridgehead atoms. The first-order valence-electron chi connectivity index (χ1n) is 8.16. The number of hydrogen-bond donors (Lipinski definition) is 2. The number of nitrogens with two attached hydrogens (primary N) is 1. The standard InChI is InChI=1S/C19H19FN2O3/c20-15-9-13(18(21)24)8-14(10-15)19(25)22-7-2-1-6-17(22)12-4-3-5-16(23)11-12/h3-5,8-11,17,23H,1-2,6-7H2,(H2,21,24). The average molecular weight is 342 g/mol. The van der Waals surface area contributed by atoms with Crippen molar-refractivity contribution in [3.63, 3.8) is 0 Å². The largest absolute Gasteiger partial charge is 0.508 e. The number of piperidine rings is 1. The van der Waals surface area contributed by atoms with E-state index in [2.05, 4.69) is 0 Å². The third kappa shape index (κ3) is 3.63. The van der Waals surface area contributed by atoms with Gasteiger partial charge in [0.15, 0.2) is 0 Å². The maximum atomic E-state index is 13.8. The second-order valence-electron chi connectivity index (χ2n) is 6.20. The molecule has 130 valence electrons. The summed E-state index contributed by atoms with van der Waals surface area (Å²) in [7, 11) is 0. The number of phenols is 1. The van der Waals surface area contributed by atoms with Crippen LogP contribution in [0, 0.1) is 5.82 Å². The van der Waals surface area contributed by atoms with E-state index in [1.165, 1.54) is 6.07 Å². The van der Waals surface area contributed by atoms with E-state index in [1.54, 1.807) is 23.1 Å². The number of phenolic OH excluding ortho intramolecular Hbond substituents is 1. The molecule has 1 atom stereocenters. The van der Waals surface area contributed by atoms with Gasteiger partial charge in [-0.05, 0) is 55.2 Å². The van der Waals surface area contributed by atoms with Gasteiger partial charge in [-0.3, -0.25) is 9.59 Å². The first-order valence-corrected chi connectivity index (χ1v) is 8.16. The summed E-state index contributed by atoms with van der Waals surface area (Å²) in [6.07, 6.45) is 2.56. The normalized spacial score (nSPS) is 17.3. The van der Waals surface area contributed by atoms with Crippen molar-refractivity contribution in [1.29, 1.82) is 0 Å². The van der Waals surface area contributed by atoms with Crippen molar-refractivity contribution in [2.75, 3.05) is 6.54 Å². The molecule has 1 heterocycles. The van der Waals surface area contributed by atoms with Crippen LogP contribution in [0.25, 0.3) is 0 Å². The Kier molecular flexibility index (Phi) is 4.70. The van der Waals surface area contributed by atoms with E-state index in [4.69, 9.17) is 5.73 Å². The molecule has 0 aromatic heterocycles. The van der Waals surface area contributed by atoms with Crippen molar-refractivity contribution < 1.29 is 19.1 Å². The van der Waals surface area contributed by atoms with Crippen LogP contribution in [0.2, 0.25) is 0 Å². The maximum Gasteiger partial charge on any atom is 0.254 e. The number of aromatic hydroxyl groups is 1. The third-order valence-electron chi connectivity index (χ3n) is 4.45. The lowest BCUT2D eigenvalue weighted by Gasteiger charge is -2.36. The lowest BCUT2D eigenvalue weighted by atomic mass is 9.94. The molecule has 2 aromatic carbocycles. The molecule has 0 aliphatic carbocycles. The van der Waals surface area contributed by atoms with Crippen molar-refractivity contribution in [2.45, 2.75) is 25.3 Å². The van der Waals surface area contributed by atoms with E-state index >= 15 is 0 Å². The zero-order chi connectivity index (χ0) is 18.0. The topological polar surface area (TPSA) is 83.6 Å². The predicted molar refractivity (Wildman–Crippen MR) is 90.7 cm³/mol. The Bertz CT molecular complexity index is 822. The van der Waals surface area contributed by atoms with E-state index in [9.17, 15) is 19.1 Å². The fourth-order valence-corrected chi connectivity index (χ4v) is 3.27. The van der Waals surface area contributed by atoms with Gasteiger partial charge in [-0.2, -0.15) is 0 Å². The average Bonchev–Trinajstić information content (AvgIpc) is 2.60. The smallest absolute Gasteiger partial charge is 0.254 e. The van der Waals surface area contributed by atoms with Gasteiger partial charge in [-0.1, -0.05) is 12.1 Å². The number of carbonyl (C=O) groups excluding carboxylic acids is 2. The van der Waals surface area contributed by atoms with Crippen molar-refractivity contribution in [1.82, 2.24) is 4.90 Å². The highest BCUT2D eigenvalue weighted by Gasteiger charge is 2.29. The molecule has 2 amide bonds. The fraction of sp³-hybridized carbons (Fsp3) is 0.263. The molecule has 1 aliphatic rings. The number of rotatable bonds is 3. The van der Waals surface area contributed by atoms with Crippen LogP contribution in [-0.2, 0) is 0 Å². The molecule has 6 heteroatoms. The highest BCUT2D eigenvalue weighted by atomic mass is 19.1. The van der Waals surface area contributed by atoms with Gasteiger partial charge in [0.25, 0.3) is 5.91 Å². The molecule has 1 unspecified atom stereocenters. The Balaban J connectivity index is 1.95. The quantitative estimate of drug-likeness (QED) is 0.899. The molecule has 3 rings (SSSR count). The van der Waals surface area contributed by atoms with E-state index in [0.717, 1.165) is 37.0 Å². The lowest BCUT2D eigenvalue weighted by Crippen LogP contribution is -2.38. The molecule has 0 saturated carbocycles. The van der Waals surface area contributed by atoms with Gasteiger partial charge < -0.3 is 15.7 Å². The van der Waals surface area contributed by atoms with Gasteiger partial charge in [0.2, 0.25) is 5.91 Å². The molecule has 25 heavy (non-hydrogen) atoms. The summed E-state index contributed by atoms with van der Waals surface area (Å²) in [5, 5.41) is 9.72. The molecular formula is C19H19FN2O3. The lowest BCUT2D eigenvalue weighted by molar-refractivity contribution is 0.0610. The number of hydrogen-bond acceptors (Lipinski definition) is 3. The SMILES string of the molecule is NC(=O)c1cc(F)cc(C(=O)N2CCCCC2c2cccc(O)c2)c1. The van der Waals surface area contributed by atoms with E-state index < -0.39 is 11.7 Å². The highest BCUT2D eigenvalue weighted by molar-refractivity contribution is 5.99. The van der Waals surface area contributed by atoms with E-state index in [1.807, 2.05) is 6.07 Å². The molecular weight excluding hydrogens is 323 g/mol. The van der Waals surface area contributed by atoms with Gasteiger partial charge in [0.1, 0.15) is 11.6 Å². The van der Waals surface area contributed by atoms with Crippen molar-refractivity contribution in [3.05, 3.63) is 65.0 Å². The predicted octanol–water partition coefficient (Wildman–Crippen LogP) is 3.00. The number of benzene rings is 2. The molecule has 3 N–H and O–H groups in total. The number of likely N-dealkylation sites (tertiary alicyclic amines) is 1. The van der Waals surface area contributed by atoms with Crippen molar-refractivity contribution in [2.24, 2.45) is 5.73 Å². The van der Waals surface area contributed by atoms with Crippen LogP contribution in [0.5, 0.6) is 5.75 Å². The number of halogens is 1. The molecule has 2 aromatic rings. The van der Waals surface area contributed by atoms with Crippen molar-refractivity contribution in [3.8, 4) is 5.75 Å². The minimum atomic E-state index is -0.781. The number of carbonyl (C=O) groups is 2. The van der Waals surface area contributed by atoms with Gasteiger partial charge in [0.05, 0.1) is 6.04 Å². The Hall–Kier alpha value is -2.89. The highest BCUT2D eigenvalue weighted by Crippen LogP contribution is 2.33. The second-order valence-corrected chi connectivity index (χ2v) is 6.20. The number of amides is 2. The zero-order valence-corrected chi connectivity index (χ0v) is 13.6. The van der Waals surface area contributed by atoms with Crippen LogP contribution in [0.3, 0.4) is 0 Å². The van der Waals surface area contributed by atoms with Crippen LogP contribution < -0.4 is 5.73 Å². The van der Waals surface area contributed by atoms with Crippen LogP contribution in [0.15, 0.2) is 42.5 Å².